The van der Waals surface area contributed by atoms with Crippen molar-refractivity contribution in [2.45, 2.75) is 6.18 Å². The van der Waals surface area contributed by atoms with Crippen LogP contribution in [0.4, 0.5) is 36.2 Å². The van der Waals surface area contributed by atoms with Gasteiger partial charge in [0.2, 0.25) is 5.95 Å². The minimum atomic E-state index is -4.52. The van der Waals surface area contributed by atoms with E-state index in [1.165, 1.54) is 18.2 Å². The SMILES string of the molecule is CN1CCN(c2cc3nc(Nc4ccccc4C(F)(F)F)[nH]c3cc2C(=O)Nc2ccc3[nH]ncc3c2)CC1. The molecule has 0 radical (unpaired) electrons. The molecule has 0 atom stereocenters. The first-order chi connectivity index (χ1) is 18.7. The molecule has 1 fully saturated rings. The Morgan fingerprint density at radius 2 is 1.79 bits per heavy atom. The van der Waals surface area contributed by atoms with Crippen LogP contribution >= 0.6 is 0 Å². The smallest absolute Gasteiger partial charge is 0.368 e. The number of hydrogen-bond donors (Lipinski definition) is 4. The zero-order valence-electron chi connectivity index (χ0n) is 20.9. The highest BCUT2D eigenvalue weighted by Crippen LogP contribution is 2.36. The average Bonchev–Trinajstić information content (AvgIpc) is 3.53. The number of likely N-dealkylation sites (N-methyl/N-ethyl adjacent to an activating group) is 1. The molecule has 0 spiro atoms. The number of fused-ring (bicyclic) bond motifs is 2. The summed E-state index contributed by atoms with van der Waals surface area (Å²) in [7, 11) is 2.05. The van der Waals surface area contributed by atoms with Gasteiger partial charge in [0.15, 0.2) is 0 Å². The van der Waals surface area contributed by atoms with E-state index in [9.17, 15) is 18.0 Å². The first-order valence-corrected chi connectivity index (χ1v) is 12.4. The van der Waals surface area contributed by atoms with Crippen molar-refractivity contribution in [3.05, 3.63) is 71.9 Å². The van der Waals surface area contributed by atoms with E-state index < -0.39 is 11.7 Å². The lowest BCUT2D eigenvalue weighted by molar-refractivity contribution is -0.136. The van der Waals surface area contributed by atoms with E-state index in [1.54, 1.807) is 18.3 Å². The number of para-hydroxylation sites is 1. The van der Waals surface area contributed by atoms with Gasteiger partial charge >= 0.3 is 6.18 Å². The Morgan fingerprint density at radius 3 is 2.59 bits per heavy atom. The third-order valence-corrected chi connectivity index (χ3v) is 6.87. The van der Waals surface area contributed by atoms with Crippen LogP contribution < -0.4 is 15.5 Å². The fraction of sp³-hybridized carbons (Fsp3) is 0.222. The molecule has 12 heteroatoms. The molecule has 200 valence electrons. The number of carbonyl (C=O) groups excluding carboxylic acids is 1. The highest BCUT2D eigenvalue weighted by molar-refractivity contribution is 6.11. The van der Waals surface area contributed by atoms with Gasteiger partial charge in [-0.2, -0.15) is 18.3 Å². The van der Waals surface area contributed by atoms with Crippen LogP contribution in [0.15, 0.2) is 60.8 Å². The van der Waals surface area contributed by atoms with Crippen LogP contribution in [-0.2, 0) is 6.18 Å². The number of anilines is 4. The minimum absolute atomic E-state index is 0.115. The quantitative estimate of drug-likeness (QED) is 0.247. The summed E-state index contributed by atoms with van der Waals surface area (Å²) < 4.78 is 40.5. The van der Waals surface area contributed by atoms with E-state index >= 15 is 0 Å². The molecular weight excluding hydrogens is 509 g/mol. The van der Waals surface area contributed by atoms with Crippen molar-refractivity contribution >= 4 is 50.9 Å². The lowest BCUT2D eigenvalue weighted by atomic mass is 10.1. The molecule has 0 unspecified atom stereocenters. The number of hydrogen-bond acceptors (Lipinski definition) is 6. The van der Waals surface area contributed by atoms with Crippen LogP contribution in [0.3, 0.4) is 0 Å². The minimum Gasteiger partial charge on any atom is -0.368 e. The van der Waals surface area contributed by atoms with E-state index in [4.69, 9.17) is 0 Å². The molecule has 9 nitrogen and oxygen atoms in total. The number of rotatable bonds is 5. The summed E-state index contributed by atoms with van der Waals surface area (Å²) in [6.45, 7) is 3.10. The fourth-order valence-electron chi connectivity index (χ4n) is 4.78. The van der Waals surface area contributed by atoms with Crippen LogP contribution in [0.1, 0.15) is 15.9 Å². The van der Waals surface area contributed by atoms with Gasteiger partial charge in [-0.3, -0.25) is 9.89 Å². The van der Waals surface area contributed by atoms with Gasteiger partial charge in [-0.1, -0.05) is 12.1 Å². The molecule has 6 rings (SSSR count). The molecule has 0 saturated carbocycles. The molecule has 3 heterocycles. The Kier molecular flexibility index (Phi) is 6.10. The fourth-order valence-corrected chi connectivity index (χ4v) is 4.78. The second-order valence-electron chi connectivity index (χ2n) is 9.56. The predicted molar refractivity (Wildman–Crippen MR) is 145 cm³/mol. The summed E-state index contributed by atoms with van der Waals surface area (Å²) in [6, 6.07) is 14.2. The zero-order chi connectivity index (χ0) is 27.1. The number of benzene rings is 3. The number of alkyl halides is 3. The monoisotopic (exact) mass is 534 g/mol. The summed E-state index contributed by atoms with van der Waals surface area (Å²) in [5.74, 6) is -0.158. The summed E-state index contributed by atoms with van der Waals surface area (Å²) in [5.41, 5.74) is 2.78. The molecular formula is C27H25F3N8O. The maximum atomic E-state index is 13.6. The van der Waals surface area contributed by atoms with Crippen molar-refractivity contribution < 1.29 is 18.0 Å². The third kappa shape index (κ3) is 4.98. The Morgan fingerprint density at radius 1 is 1.00 bits per heavy atom. The Bertz CT molecular complexity index is 1670. The van der Waals surface area contributed by atoms with E-state index in [1.807, 2.05) is 25.2 Å². The van der Waals surface area contributed by atoms with Crippen LogP contribution in [0.25, 0.3) is 21.9 Å². The van der Waals surface area contributed by atoms with Crippen LogP contribution in [0.5, 0.6) is 0 Å². The van der Waals surface area contributed by atoms with Crippen molar-refractivity contribution in [2.75, 3.05) is 48.8 Å². The Hall–Kier alpha value is -4.58. The largest absolute Gasteiger partial charge is 0.418 e. The number of imidazole rings is 1. The molecule has 1 amide bonds. The second kappa shape index (κ2) is 9.62. The molecule has 3 aromatic carbocycles. The second-order valence-corrected chi connectivity index (χ2v) is 9.56. The molecule has 1 aliphatic rings. The van der Waals surface area contributed by atoms with Crippen LogP contribution in [0.2, 0.25) is 0 Å². The van der Waals surface area contributed by atoms with Crippen molar-refractivity contribution in [3.8, 4) is 0 Å². The van der Waals surface area contributed by atoms with E-state index in [0.29, 0.717) is 28.0 Å². The van der Waals surface area contributed by atoms with Gasteiger partial charge in [-0.15, -0.1) is 0 Å². The van der Waals surface area contributed by atoms with Gasteiger partial charge < -0.3 is 25.4 Å². The predicted octanol–water partition coefficient (Wildman–Crippen LogP) is 5.21. The number of amides is 1. The van der Waals surface area contributed by atoms with Gasteiger partial charge in [0.1, 0.15) is 0 Å². The number of carbonyl (C=O) groups is 1. The van der Waals surface area contributed by atoms with Crippen molar-refractivity contribution in [1.82, 2.24) is 25.1 Å². The van der Waals surface area contributed by atoms with Crippen molar-refractivity contribution in [3.63, 3.8) is 0 Å². The van der Waals surface area contributed by atoms with Crippen LogP contribution in [-0.4, -0.2) is 64.2 Å². The number of nitrogens with one attached hydrogen (secondary N) is 4. The summed E-state index contributed by atoms with van der Waals surface area (Å²) in [4.78, 5) is 25.4. The van der Waals surface area contributed by atoms with Gasteiger partial charge in [0.05, 0.1) is 45.2 Å². The lowest BCUT2D eigenvalue weighted by Crippen LogP contribution is -2.45. The Balaban J connectivity index is 1.36. The maximum Gasteiger partial charge on any atom is 0.418 e. The highest BCUT2D eigenvalue weighted by atomic mass is 19.4. The highest BCUT2D eigenvalue weighted by Gasteiger charge is 2.33. The third-order valence-electron chi connectivity index (χ3n) is 6.87. The van der Waals surface area contributed by atoms with Gasteiger partial charge in [0, 0.05) is 37.3 Å². The number of aromatic amines is 2. The number of nitrogens with zero attached hydrogens (tertiary/aromatic N) is 4. The normalized spacial score (nSPS) is 14.7. The van der Waals surface area contributed by atoms with E-state index in [0.717, 1.165) is 43.1 Å². The van der Waals surface area contributed by atoms with Crippen LogP contribution in [0, 0.1) is 0 Å². The van der Waals surface area contributed by atoms with Crippen molar-refractivity contribution in [2.24, 2.45) is 0 Å². The summed E-state index contributed by atoms with van der Waals surface area (Å²) >= 11 is 0. The van der Waals surface area contributed by atoms with E-state index in [-0.39, 0.29) is 17.5 Å². The molecule has 2 aromatic heterocycles. The molecule has 1 saturated heterocycles. The Labute approximate surface area is 221 Å². The number of H-pyrrole nitrogens is 2. The number of piperazine rings is 1. The standard InChI is InChI=1S/C27H25F3N8O/c1-37-8-10-38(11-9-37)24-14-23-22(34-26(35-23)33-21-5-3-2-4-19(21)27(28,29)30)13-18(24)25(39)32-17-6-7-20-16(12-17)15-31-36-20/h2-7,12-15H,8-11H2,1H3,(H,31,36)(H,32,39)(H2,33,34,35). The van der Waals surface area contributed by atoms with Gasteiger partial charge in [-0.05, 0) is 49.5 Å². The van der Waals surface area contributed by atoms with Crippen molar-refractivity contribution in [1.29, 1.82) is 0 Å². The first kappa shape index (κ1) is 24.7. The molecule has 4 N–H and O–H groups in total. The lowest BCUT2D eigenvalue weighted by Gasteiger charge is -2.35. The van der Waals surface area contributed by atoms with Gasteiger partial charge in [0.25, 0.3) is 5.91 Å². The van der Waals surface area contributed by atoms with E-state index in [2.05, 4.69) is 40.6 Å². The van der Waals surface area contributed by atoms with Gasteiger partial charge in [-0.25, -0.2) is 4.98 Å². The molecule has 0 aliphatic carbocycles. The average molecular weight is 535 g/mol. The number of aromatic nitrogens is 4. The summed E-state index contributed by atoms with van der Waals surface area (Å²) in [6.07, 6.45) is -2.84. The molecule has 0 bridgehead atoms. The number of halogens is 3. The molecule has 1 aliphatic heterocycles. The molecule has 39 heavy (non-hydrogen) atoms. The topological polar surface area (TPSA) is 105 Å². The maximum absolute atomic E-state index is 13.6. The first-order valence-electron chi connectivity index (χ1n) is 12.4. The molecule has 5 aromatic rings. The zero-order valence-corrected chi connectivity index (χ0v) is 20.9. The summed E-state index contributed by atoms with van der Waals surface area (Å²) in [5, 5.41) is 13.5.